The third-order valence-electron chi connectivity index (χ3n) is 3.22. The SMILES string of the molecule is Cc1ccc(C)c(C2(CCCO)OCCO2)c1. The molecule has 1 heterocycles. The number of benzene rings is 1. The molecule has 0 spiro atoms. The van der Waals surface area contributed by atoms with Gasteiger partial charge < -0.3 is 14.6 Å². The molecule has 0 atom stereocenters. The molecular formula is C14H20O3. The van der Waals surface area contributed by atoms with Crippen molar-refractivity contribution in [2.24, 2.45) is 0 Å². The zero-order chi connectivity index (χ0) is 12.3. The molecule has 3 nitrogen and oxygen atoms in total. The number of rotatable bonds is 4. The van der Waals surface area contributed by atoms with E-state index >= 15 is 0 Å². The van der Waals surface area contributed by atoms with E-state index in [9.17, 15) is 0 Å². The maximum Gasteiger partial charge on any atom is 0.195 e. The van der Waals surface area contributed by atoms with E-state index in [2.05, 4.69) is 32.0 Å². The summed E-state index contributed by atoms with van der Waals surface area (Å²) < 4.78 is 11.7. The van der Waals surface area contributed by atoms with Gasteiger partial charge in [-0.15, -0.1) is 0 Å². The Morgan fingerprint density at radius 1 is 1.24 bits per heavy atom. The maximum absolute atomic E-state index is 9.00. The number of aliphatic hydroxyl groups is 1. The molecule has 0 unspecified atom stereocenters. The number of ether oxygens (including phenoxy) is 2. The van der Waals surface area contributed by atoms with E-state index in [4.69, 9.17) is 14.6 Å². The Balaban J connectivity index is 2.34. The summed E-state index contributed by atoms with van der Waals surface area (Å²) in [6.07, 6.45) is 1.39. The van der Waals surface area contributed by atoms with E-state index in [1.807, 2.05) is 0 Å². The van der Waals surface area contributed by atoms with Gasteiger partial charge in [0.2, 0.25) is 0 Å². The van der Waals surface area contributed by atoms with Gasteiger partial charge in [0, 0.05) is 18.6 Å². The summed E-state index contributed by atoms with van der Waals surface area (Å²) in [6.45, 7) is 5.55. The third kappa shape index (κ3) is 2.51. The molecule has 1 N–H and O–H groups in total. The minimum absolute atomic E-state index is 0.166. The molecule has 1 aliphatic heterocycles. The maximum atomic E-state index is 9.00. The summed E-state index contributed by atoms with van der Waals surface area (Å²) in [7, 11) is 0. The van der Waals surface area contributed by atoms with Gasteiger partial charge in [-0.05, 0) is 25.8 Å². The minimum Gasteiger partial charge on any atom is -0.396 e. The van der Waals surface area contributed by atoms with Gasteiger partial charge in [-0.1, -0.05) is 23.8 Å². The Morgan fingerprint density at radius 2 is 1.94 bits per heavy atom. The van der Waals surface area contributed by atoms with E-state index in [-0.39, 0.29) is 6.61 Å². The highest BCUT2D eigenvalue weighted by Crippen LogP contribution is 2.37. The van der Waals surface area contributed by atoms with E-state index in [1.54, 1.807) is 0 Å². The van der Waals surface area contributed by atoms with Gasteiger partial charge in [-0.3, -0.25) is 0 Å². The van der Waals surface area contributed by atoms with Crippen molar-refractivity contribution in [3.63, 3.8) is 0 Å². The normalized spacial score (nSPS) is 18.5. The van der Waals surface area contributed by atoms with Gasteiger partial charge in [-0.2, -0.15) is 0 Å². The lowest BCUT2D eigenvalue weighted by molar-refractivity contribution is -0.173. The molecule has 2 rings (SSSR count). The Morgan fingerprint density at radius 3 is 2.59 bits per heavy atom. The van der Waals surface area contributed by atoms with Crippen molar-refractivity contribution in [1.29, 1.82) is 0 Å². The van der Waals surface area contributed by atoms with Crippen molar-refractivity contribution < 1.29 is 14.6 Å². The van der Waals surface area contributed by atoms with Crippen molar-refractivity contribution >= 4 is 0 Å². The molecular weight excluding hydrogens is 216 g/mol. The van der Waals surface area contributed by atoms with Crippen molar-refractivity contribution in [2.45, 2.75) is 32.5 Å². The number of aliphatic hydroxyl groups excluding tert-OH is 1. The average Bonchev–Trinajstić information content (AvgIpc) is 2.79. The van der Waals surface area contributed by atoms with Gasteiger partial charge in [0.15, 0.2) is 5.79 Å². The third-order valence-corrected chi connectivity index (χ3v) is 3.22. The first-order valence-corrected chi connectivity index (χ1v) is 6.14. The summed E-state index contributed by atoms with van der Waals surface area (Å²) in [6, 6.07) is 6.31. The summed E-state index contributed by atoms with van der Waals surface area (Å²) in [5.74, 6) is -0.640. The van der Waals surface area contributed by atoms with Crippen LogP contribution >= 0.6 is 0 Å². The highest BCUT2D eigenvalue weighted by Gasteiger charge is 2.39. The molecule has 1 aromatic carbocycles. The van der Waals surface area contributed by atoms with Crippen LogP contribution in [0.25, 0.3) is 0 Å². The standard InChI is InChI=1S/C14H20O3/c1-11-4-5-12(2)13(10-11)14(6-3-7-15)16-8-9-17-14/h4-5,10,15H,3,6-9H2,1-2H3. The van der Waals surface area contributed by atoms with Gasteiger partial charge in [0.1, 0.15) is 0 Å². The smallest absolute Gasteiger partial charge is 0.195 e. The van der Waals surface area contributed by atoms with Crippen LogP contribution in [0.1, 0.15) is 29.5 Å². The molecule has 0 aliphatic carbocycles. The van der Waals surface area contributed by atoms with Crippen molar-refractivity contribution in [3.8, 4) is 0 Å². The fourth-order valence-corrected chi connectivity index (χ4v) is 2.35. The molecule has 1 aromatic rings. The van der Waals surface area contributed by atoms with Gasteiger partial charge in [0.25, 0.3) is 0 Å². The first-order valence-electron chi connectivity index (χ1n) is 6.14. The molecule has 1 aliphatic rings. The zero-order valence-corrected chi connectivity index (χ0v) is 10.5. The van der Waals surface area contributed by atoms with Gasteiger partial charge in [0.05, 0.1) is 13.2 Å². The van der Waals surface area contributed by atoms with Crippen LogP contribution in [0.2, 0.25) is 0 Å². The fourth-order valence-electron chi connectivity index (χ4n) is 2.35. The average molecular weight is 236 g/mol. The topological polar surface area (TPSA) is 38.7 Å². The van der Waals surface area contributed by atoms with Crippen molar-refractivity contribution in [3.05, 3.63) is 34.9 Å². The van der Waals surface area contributed by atoms with Crippen LogP contribution in [0, 0.1) is 13.8 Å². The van der Waals surface area contributed by atoms with E-state index < -0.39 is 5.79 Å². The Labute approximate surface area is 102 Å². The zero-order valence-electron chi connectivity index (χ0n) is 10.5. The van der Waals surface area contributed by atoms with Crippen LogP contribution in [0.5, 0.6) is 0 Å². The van der Waals surface area contributed by atoms with Gasteiger partial charge >= 0.3 is 0 Å². The lowest BCUT2D eigenvalue weighted by Gasteiger charge is -2.29. The molecule has 1 fully saturated rings. The van der Waals surface area contributed by atoms with Crippen LogP contribution in [0.15, 0.2) is 18.2 Å². The molecule has 0 bridgehead atoms. The van der Waals surface area contributed by atoms with Crippen LogP contribution in [0.3, 0.4) is 0 Å². The van der Waals surface area contributed by atoms with Crippen molar-refractivity contribution in [1.82, 2.24) is 0 Å². The lowest BCUT2D eigenvalue weighted by Crippen LogP contribution is -2.28. The molecule has 0 amide bonds. The summed E-state index contributed by atoms with van der Waals surface area (Å²) >= 11 is 0. The fraction of sp³-hybridized carbons (Fsp3) is 0.571. The predicted octanol–water partition coefficient (Wildman–Crippen LogP) is 2.28. The minimum atomic E-state index is -0.640. The molecule has 94 valence electrons. The second kappa shape index (κ2) is 5.17. The van der Waals surface area contributed by atoms with E-state index in [0.29, 0.717) is 26.1 Å². The lowest BCUT2D eigenvalue weighted by atomic mass is 9.94. The second-order valence-corrected chi connectivity index (χ2v) is 4.60. The van der Waals surface area contributed by atoms with Crippen LogP contribution in [-0.4, -0.2) is 24.9 Å². The summed E-state index contributed by atoms with van der Waals surface area (Å²) in [5.41, 5.74) is 3.48. The molecule has 0 aromatic heterocycles. The molecule has 1 saturated heterocycles. The summed E-state index contributed by atoms with van der Waals surface area (Å²) in [5, 5.41) is 9.00. The Bertz CT molecular complexity index is 381. The first-order chi connectivity index (χ1) is 8.18. The highest BCUT2D eigenvalue weighted by molar-refractivity contribution is 5.34. The largest absolute Gasteiger partial charge is 0.396 e. The van der Waals surface area contributed by atoms with Gasteiger partial charge in [-0.25, -0.2) is 0 Å². The van der Waals surface area contributed by atoms with Crippen LogP contribution < -0.4 is 0 Å². The van der Waals surface area contributed by atoms with E-state index in [1.165, 1.54) is 11.1 Å². The molecule has 3 heteroatoms. The Kier molecular flexibility index (Phi) is 3.82. The van der Waals surface area contributed by atoms with E-state index in [0.717, 1.165) is 5.56 Å². The van der Waals surface area contributed by atoms with Crippen molar-refractivity contribution in [2.75, 3.05) is 19.8 Å². The predicted molar refractivity (Wildman–Crippen MR) is 65.8 cm³/mol. The highest BCUT2D eigenvalue weighted by atomic mass is 16.7. The Hall–Kier alpha value is -0.900. The summed E-state index contributed by atoms with van der Waals surface area (Å²) in [4.78, 5) is 0. The number of hydrogen-bond donors (Lipinski definition) is 1. The monoisotopic (exact) mass is 236 g/mol. The molecule has 0 radical (unpaired) electrons. The quantitative estimate of drug-likeness (QED) is 0.871. The number of aryl methyl sites for hydroxylation is 2. The number of hydrogen-bond acceptors (Lipinski definition) is 3. The first kappa shape index (κ1) is 12.6. The second-order valence-electron chi connectivity index (χ2n) is 4.60. The molecule has 0 saturated carbocycles. The molecule has 17 heavy (non-hydrogen) atoms. The van der Waals surface area contributed by atoms with Crippen LogP contribution in [0.4, 0.5) is 0 Å². The van der Waals surface area contributed by atoms with Crippen LogP contribution in [-0.2, 0) is 15.3 Å².